The number of hydrogen-bond acceptors (Lipinski definition) is 16. The monoisotopic (exact) mass is 710 g/mol. The van der Waals surface area contributed by atoms with Crippen molar-refractivity contribution in [1.82, 2.24) is 39.0 Å². The van der Waals surface area contributed by atoms with Crippen LogP contribution < -0.4 is 17.0 Å². The Morgan fingerprint density at radius 3 is 2.42 bits per heavy atom. The summed E-state index contributed by atoms with van der Waals surface area (Å²) in [6.45, 7) is -10.2. The van der Waals surface area contributed by atoms with E-state index in [1.54, 1.807) is 0 Å². The van der Waals surface area contributed by atoms with Crippen LogP contribution in [0.5, 0.6) is 0 Å². The predicted octanol–water partition coefficient (Wildman–Crippen LogP) is 0.667. The molecule has 2 unspecified atom stereocenters. The van der Waals surface area contributed by atoms with Gasteiger partial charge in [0.05, 0.1) is 25.9 Å². The average molecular weight is 711 g/mol. The van der Waals surface area contributed by atoms with Gasteiger partial charge in [-0.1, -0.05) is 12.2 Å². The third-order valence-corrected chi connectivity index (χ3v) is 10.4. The van der Waals surface area contributed by atoms with E-state index in [9.17, 15) is 14.3 Å². The van der Waals surface area contributed by atoms with E-state index in [1.807, 2.05) is 0 Å². The maximum Gasteiger partial charge on any atom is 0.386 e. The second-order valence-electron chi connectivity index (χ2n) is 10.0. The van der Waals surface area contributed by atoms with Gasteiger partial charge in [-0.15, -0.1) is 0 Å². The first kappa shape index (κ1) is 30.9. The Hall–Kier alpha value is -2.69. The van der Waals surface area contributed by atoms with Crippen molar-refractivity contribution in [1.29, 1.82) is 0 Å². The molecule has 3 aliphatic rings. The van der Waals surface area contributed by atoms with Crippen LogP contribution in [0, 0.1) is 0 Å². The van der Waals surface area contributed by atoms with E-state index in [-0.39, 0.29) is 34.1 Å². The number of nitrogens with two attached hydrogens (primary N) is 2. The molecule has 4 aromatic heterocycles. The van der Waals surface area contributed by atoms with Gasteiger partial charge >= 0.3 is 13.5 Å². The van der Waals surface area contributed by atoms with E-state index in [4.69, 9.17) is 50.8 Å². The molecule has 45 heavy (non-hydrogen) atoms. The summed E-state index contributed by atoms with van der Waals surface area (Å²) in [5, 5.41) is 0. The van der Waals surface area contributed by atoms with Crippen LogP contribution in [0.1, 0.15) is 12.5 Å². The number of anilines is 2. The number of aromatic nitrogens is 8. The smallest absolute Gasteiger partial charge is 0.382 e. The van der Waals surface area contributed by atoms with Crippen molar-refractivity contribution >= 4 is 71.7 Å². The first-order valence-corrected chi connectivity index (χ1v) is 18.2. The highest BCUT2D eigenvalue weighted by Crippen LogP contribution is 2.59. The van der Waals surface area contributed by atoms with Crippen molar-refractivity contribution in [3.63, 3.8) is 0 Å². The first-order chi connectivity index (χ1) is 21.3. The van der Waals surface area contributed by atoms with Crippen LogP contribution in [-0.4, -0.2) is 93.9 Å². The van der Waals surface area contributed by atoms with Crippen LogP contribution in [0.15, 0.2) is 23.8 Å². The number of nitrogens with one attached hydrogen (secondary N) is 1. The fraction of sp³-hybridized carbons (Fsp3) is 0.500. The van der Waals surface area contributed by atoms with E-state index in [0.29, 0.717) is 0 Å². The Kier molecular flexibility index (Phi) is 7.72. The Morgan fingerprint density at radius 2 is 1.64 bits per heavy atom. The number of ether oxygens (including phenoxy) is 2. The summed E-state index contributed by atoms with van der Waals surface area (Å²) in [6.07, 6.45) is -9.83. The predicted molar refractivity (Wildman–Crippen MR) is 155 cm³/mol. The van der Waals surface area contributed by atoms with Gasteiger partial charge in [-0.3, -0.25) is 32.5 Å². The van der Waals surface area contributed by atoms with Gasteiger partial charge < -0.3 is 30.4 Å². The standard InChI is InChI=1S/C20H22F2N10O9P2S2/c21-8-6-1-36-42(34,44)40-12-7(39-18(9(12)22)31-4-27-10-14(23)25-3-26-15(10)31)2-37-43(35,45)41-13(8)19(38-6)32-5-28-11-16(32)29-20(24)30-17(11)33/h3-9,12-13,18-19H,1-2H2,(H,34,44)(H,35,45)(H2,23,25,26)(H3,24,29,30,33)/t6-,7-,8+,9-,12-,13-,18-,19-,42?,43?/m1/s1. The molecule has 0 radical (unpaired) electrons. The zero-order chi connectivity index (χ0) is 31.8. The molecule has 0 aliphatic carbocycles. The summed E-state index contributed by atoms with van der Waals surface area (Å²) in [6, 6.07) is 0. The minimum absolute atomic E-state index is 0.0396. The number of thiol groups is 1. The molecule has 6 N–H and O–H groups in total. The van der Waals surface area contributed by atoms with Crippen molar-refractivity contribution in [2.75, 3.05) is 24.7 Å². The van der Waals surface area contributed by atoms with Crippen LogP contribution in [0.2, 0.25) is 0 Å². The van der Waals surface area contributed by atoms with E-state index in [2.05, 4.69) is 42.2 Å². The van der Waals surface area contributed by atoms with Crippen molar-refractivity contribution in [3.8, 4) is 0 Å². The van der Waals surface area contributed by atoms with E-state index in [1.165, 1.54) is 10.9 Å². The Bertz CT molecular complexity index is 1950. The molecular weight excluding hydrogens is 688 g/mol. The number of imidazole rings is 2. The molecule has 2 bridgehead atoms. The lowest BCUT2D eigenvalue weighted by molar-refractivity contribution is -0.0578. The summed E-state index contributed by atoms with van der Waals surface area (Å²) >= 11 is 9.11. The first-order valence-electron chi connectivity index (χ1n) is 12.9. The summed E-state index contributed by atoms with van der Waals surface area (Å²) < 4.78 is 81.1. The van der Waals surface area contributed by atoms with E-state index >= 15 is 8.78 Å². The molecule has 25 heteroatoms. The highest BCUT2D eigenvalue weighted by molar-refractivity contribution is 8.44. The van der Waals surface area contributed by atoms with Crippen LogP contribution in [-0.2, 0) is 43.9 Å². The van der Waals surface area contributed by atoms with Crippen molar-refractivity contribution in [2.24, 2.45) is 0 Å². The zero-order valence-electron chi connectivity index (χ0n) is 22.3. The maximum absolute atomic E-state index is 16.0. The SMILES string of the molecule is Nc1nc2c(ncn2[C@@H]2O[C@@H]3COP(O)(=S)O[C@H]4[C@@H](F)[C@H](n5cnc6c(N)ncnc65)O[C@@H]4COP(=O)(S)O[C@@H]2[C@H]3F)c(=O)[nH]1. The largest absolute Gasteiger partial charge is 0.386 e. The number of nitrogens with zero attached hydrogens (tertiary/aromatic N) is 7. The van der Waals surface area contributed by atoms with Crippen molar-refractivity contribution in [3.05, 3.63) is 29.3 Å². The molecule has 3 fully saturated rings. The van der Waals surface area contributed by atoms with E-state index < -0.39 is 81.5 Å². The minimum atomic E-state index is -4.49. The number of H-pyrrole nitrogens is 1. The lowest BCUT2D eigenvalue weighted by Gasteiger charge is -2.26. The highest BCUT2D eigenvalue weighted by Gasteiger charge is 2.54. The fourth-order valence-electron chi connectivity index (χ4n) is 5.23. The number of rotatable bonds is 2. The lowest BCUT2D eigenvalue weighted by Crippen LogP contribution is -2.34. The second kappa shape index (κ2) is 11.2. The molecule has 0 amide bonds. The number of alkyl halides is 2. The van der Waals surface area contributed by atoms with E-state index in [0.717, 1.165) is 17.2 Å². The molecular formula is C20H22F2N10O9P2S2. The quantitative estimate of drug-likeness (QED) is 0.142. The Labute approximate surface area is 259 Å². The normalized spacial score (nSPS) is 37.7. The molecule has 7 rings (SSSR count). The van der Waals surface area contributed by atoms with Crippen LogP contribution >= 0.6 is 25.8 Å². The van der Waals surface area contributed by atoms with Gasteiger partial charge in [0.25, 0.3) is 5.56 Å². The number of hydrogen-bond donors (Lipinski definition) is 5. The third-order valence-electron chi connectivity index (χ3n) is 7.23. The number of fused-ring (bicyclic) bond motifs is 5. The molecule has 7 heterocycles. The second-order valence-corrected chi connectivity index (χ2v) is 15.7. The van der Waals surface area contributed by atoms with Crippen LogP contribution in [0.3, 0.4) is 0 Å². The fourth-order valence-corrected chi connectivity index (χ4v) is 8.12. The molecule has 19 nitrogen and oxygen atoms in total. The number of aromatic amines is 1. The highest BCUT2D eigenvalue weighted by atomic mass is 32.7. The van der Waals surface area contributed by atoms with Crippen LogP contribution in [0.4, 0.5) is 20.5 Å². The van der Waals surface area contributed by atoms with Gasteiger partial charge in [0.1, 0.15) is 36.3 Å². The third kappa shape index (κ3) is 5.54. The van der Waals surface area contributed by atoms with Crippen molar-refractivity contribution < 1.29 is 45.8 Å². The van der Waals surface area contributed by atoms with Gasteiger partial charge in [0.15, 0.2) is 47.4 Å². The number of nitrogen functional groups attached to an aromatic ring is 2. The average Bonchev–Trinajstić information content (AvgIpc) is 3.72. The molecule has 0 aromatic carbocycles. The lowest BCUT2D eigenvalue weighted by atomic mass is 10.1. The summed E-state index contributed by atoms with van der Waals surface area (Å²) in [4.78, 5) is 45.5. The van der Waals surface area contributed by atoms with Crippen molar-refractivity contribution in [2.45, 2.75) is 49.2 Å². The molecule has 3 aliphatic heterocycles. The molecule has 0 saturated carbocycles. The van der Waals surface area contributed by atoms with Gasteiger partial charge in [0, 0.05) is 0 Å². The molecule has 0 spiro atoms. The van der Waals surface area contributed by atoms with Gasteiger partial charge in [-0.05, 0) is 11.8 Å². The molecule has 10 atom stereocenters. The molecule has 242 valence electrons. The Balaban J connectivity index is 1.21. The van der Waals surface area contributed by atoms with Gasteiger partial charge in [0.2, 0.25) is 5.95 Å². The molecule has 3 saturated heterocycles. The Morgan fingerprint density at radius 1 is 0.956 bits per heavy atom. The number of halogens is 2. The zero-order valence-corrected chi connectivity index (χ0v) is 25.8. The topological polar surface area (TPSA) is 252 Å². The molecule has 4 aromatic rings. The summed E-state index contributed by atoms with van der Waals surface area (Å²) in [5.41, 5.74) is 10.9. The maximum atomic E-state index is 16.0. The van der Waals surface area contributed by atoms with Gasteiger partial charge in [-0.25, -0.2) is 33.3 Å². The van der Waals surface area contributed by atoms with Crippen LogP contribution in [0.25, 0.3) is 22.3 Å². The summed E-state index contributed by atoms with van der Waals surface area (Å²) in [5.74, 6) is -0.224. The minimum Gasteiger partial charge on any atom is -0.382 e. The summed E-state index contributed by atoms with van der Waals surface area (Å²) in [7, 11) is 0. The van der Waals surface area contributed by atoms with Gasteiger partial charge in [-0.2, -0.15) is 4.98 Å².